The van der Waals surface area contributed by atoms with Crippen molar-refractivity contribution in [3.05, 3.63) is 17.5 Å². The van der Waals surface area contributed by atoms with E-state index in [9.17, 15) is 4.79 Å². The maximum Gasteiger partial charge on any atom is 0.226 e. The second-order valence-corrected chi connectivity index (χ2v) is 7.63. The summed E-state index contributed by atoms with van der Waals surface area (Å²) >= 11 is 0. The molecule has 0 aliphatic heterocycles. The molecule has 0 aromatic carbocycles. The minimum atomic E-state index is -0.0332. The Labute approximate surface area is 125 Å². The molecular weight excluding hydrogens is 264 g/mol. The molecule has 4 heteroatoms. The molecule has 0 unspecified atom stereocenters. The summed E-state index contributed by atoms with van der Waals surface area (Å²) in [5.41, 5.74) is 0.896. The summed E-state index contributed by atoms with van der Waals surface area (Å²) in [6.45, 7) is 2.57. The third kappa shape index (κ3) is 2.39. The fraction of sp³-hybridized carbons (Fsp3) is 0.765. The lowest BCUT2D eigenvalue weighted by molar-refractivity contribution is -0.146. The van der Waals surface area contributed by atoms with Gasteiger partial charge < -0.3 is 9.84 Å². The maximum atomic E-state index is 12.7. The number of nitrogens with one attached hydrogen (secondary N) is 1. The Hall–Kier alpha value is -1.32. The van der Waals surface area contributed by atoms with Gasteiger partial charge >= 0.3 is 0 Å². The van der Waals surface area contributed by atoms with Crippen molar-refractivity contribution in [3.63, 3.8) is 0 Å². The van der Waals surface area contributed by atoms with Crippen molar-refractivity contribution >= 4 is 5.91 Å². The first-order valence-electron chi connectivity index (χ1n) is 8.33. The first-order valence-corrected chi connectivity index (χ1v) is 8.33. The normalized spacial score (nSPS) is 36.9. The zero-order valence-electron chi connectivity index (χ0n) is 12.7. The number of rotatable bonds is 4. The molecule has 21 heavy (non-hydrogen) atoms. The van der Waals surface area contributed by atoms with E-state index in [2.05, 4.69) is 10.5 Å². The van der Waals surface area contributed by atoms with Gasteiger partial charge in [0.25, 0.3) is 0 Å². The van der Waals surface area contributed by atoms with Gasteiger partial charge in [-0.3, -0.25) is 4.79 Å². The lowest BCUT2D eigenvalue weighted by atomic mass is 9.49. The van der Waals surface area contributed by atoms with Gasteiger partial charge in [-0.2, -0.15) is 0 Å². The second-order valence-electron chi connectivity index (χ2n) is 7.63. The number of hydrogen-bond acceptors (Lipinski definition) is 3. The molecule has 0 saturated heterocycles. The summed E-state index contributed by atoms with van der Waals surface area (Å²) < 4.78 is 5.06. The number of carbonyl (C=O) groups is 1. The van der Waals surface area contributed by atoms with Gasteiger partial charge in [0.05, 0.1) is 5.69 Å². The van der Waals surface area contributed by atoms with Crippen LogP contribution in [0.5, 0.6) is 0 Å². The first-order chi connectivity index (χ1) is 10.1. The van der Waals surface area contributed by atoms with Crippen LogP contribution in [0.3, 0.4) is 0 Å². The Morgan fingerprint density at radius 1 is 1.29 bits per heavy atom. The number of aromatic nitrogens is 1. The lowest BCUT2D eigenvalue weighted by Gasteiger charge is -2.55. The molecule has 1 aromatic rings. The topological polar surface area (TPSA) is 55.1 Å². The van der Waals surface area contributed by atoms with Crippen molar-refractivity contribution in [1.29, 1.82) is 0 Å². The molecule has 114 valence electrons. The quantitative estimate of drug-likeness (QED) is 0.927. The highest BCUT2D eigenvalue weighted by Gasteiger charge is 2.54. The van der Waals surface area contributed by atoms with Crippen LogP contribution >= 0.6 is 0 Å². The molecule has 4 fully saturated rings. The molecule has 4 bridgehead atoms. The minimum absolute atomic E-state index is 0.0332. The van der Waals surface area contributed by atoms with Gasteiger partial charge in [0.15, 0.2) is 0 Å². The zero-order chi connectivity index (χ0) is 14.4. The molecule has 1 amide bonds. The van der Waals surface area contributed by atoms with E-state index >= 15 is 0 Å². The third-order valence-corrected chi connectivity index (χ3v) is 5.86. The SMILES string of the molecule is Cc1cc(CCNC(=O)C23CC4CC(CC(C4)C2)C3)no1. The Bertz CT molecular complexity index is 513. The van der Waals surface area contributed by atoms with Crippen LogP contribution in [0.15, 0.2) is 10.6 Å². The van der Waals surface area contributed by atoms with Crippen LogP contribution in [0.2, 0.25) is 0 Å². The second kappa shape index (κ2) is 4.85. The van der Waals surface area contributed by atoms with E-state index in [1.807, 2.05) is 13.0 Å². The van der Waals surface area contributed by atoms with Gasteiger partial charge in [-0.15, -0.1) is 0 Å². The standard InChI is InChI=1S/C17H24N2O2/c1-11-4-15(19-21-11)2-3-18-16(20)17-8-12-5-13(9-17)7-14(6-12)10-17/h4,12-14H,2-3,5-10H2,1H3,(H,18,20). The predicted molar refractivity (Wildman–Crippen MR) is 78.6 cm³/mol. The highest BCUT2D eigenvalue weighted by Crippen LogP contribution is 2.60. The van der Waals surface area contributed by atoms with Crippen LogP contribution in [-0.4, -0.2) is 17.6 Å². The summed E-state index contributed by atoms with van der Waals surface area (Å²) in [5.74, 6) is 3.60. The van der Waals surface area contributed by atoms with E-state index < -0.39 is 0 Å². The largest absolute Gasteiger partial charge is 0.361 e. The summed E-state index contributed by atoms with van der Waals surface area (Å²) in [4.78, 5) is 12.7. The lowest BCUT2D eigenvalue weighted by Crippen LogP contribution is -2.53. The van der Waals surface area contributed by atoms with Gasteiger partial charge in [0.1, 0.15) is 5.76 Å². The molecule has 0 radical (unpaired) electrons. The molecule has 0 atom stereocenters. The summed E-state index contributed by atoms with van der Waals surface area (Å²) in [6.07, 6.45) is 8.30. The van der Waals surface area contributed by atoms with Crippen molar-refractivity contribution in [2.75, 3.05) is 6.54 Å². The monoisotopic (exact) mass is 288 g/mol. The van der Waals surface area contributed by atoms with Crippen LogP contribution in [-0.2, 0) is 11.2 Å². The van der Waals surface area contributed by atoms with E-state index in [1.54, 1.807) is 0 Å². The van der Waals surface area contributed by atoms with Gasteiger partial charge in [-0.05, 0) is 63.2 Å². The Kier molecular flexibility index (Phi) is 3.09. The van der Waals surface area contributed by atoms with Crippen molar-refractivity contribution < 1.29 is 9.32 Å². The van der Waals surface area contributed by atoms with Crippen molar-refractivity contribution in [2.45, 2.75) is 51.9 Å². The van der Waals surface area contributed by atoms with Crippen molar-refractivity contribution in [1.82, 2.24) is 10.5 Å². The molecule has 0 spiro atoms. The smallest absolute Gasteiger partial charge is 0.226 e. The fourth-order valence-corrected chi connectivity index (χ4v) is 5.42. The maximum absolute atomic E-state index is 12.7. The van der Waals surface area contributed by atoms with E-state index in [-0.39, 0.29) is 5.41 Å². The highest BCUT2D eigenvalue weighted by atomic mass is 16.5. The van der Waals surface area contributed by atoms with E-state index in [4.69, 9.17) is 4.52 Å². The third-order valence-electron chi connectivity index (χ3n) is 5.86. The summed E-state index contributed by atoms with van der Waals surface area (Å²) in [5, 5.41) is 7.16. The minimum Gasteiger partial charge on any atom is -0.361 e. The number of hydrogen-bond donors (Lipinski definition) is 1. The first kappa shape index (κ1) is 13.4. The van der Waals surface area contributed by atoms with E-state index in [0.29, 0.717) is 12.5 Å². The molecule has 1 N–H and O–H groups in total. The van der Waals surface area contributed by atoms with Crippen molar-refractivity contribution in [3.8, 4) is 0 Å². The molecule has 4 aliphatic rings. The molecule has 4 nitrogen and oxygen atoms in total. The van der Waals surface area contributed by atoms with Crippen molar-refractivity contribution in [2.24, 2.45) is 23.2 Å². The van der Waals surface area contributed by atoms with Crippen LogP contribution in [0.4, 0.5) is 0 Å². The van der Waals surface area contributed by atoms with Gasteiger partial charge in [-0.1, -0.05) is 5.16 Å². The average molecular weight is 288 g/mol. The summed E-state index contributed by atoms with van der Waals surface area (Å²) in [6, 6.07) is 1.94. The average Bonchev–Trinajstić information content (AvgIpc) is 2.83. The number of amides is 1. The number of aryl methyl sites for hydroxylation is 1. The molecule has 4 aliphatic carbocycles. The van der Waals surface area contributed by atoms with Gasteiger partial charge in [0, 0.05) is 24.4 Å². The Balaban J connectivity index is 1.36. The predicted octanol–water partition coefficient (Wildman–Crippen LogP) is 2.86. The Morgan fingerprint density at radius 3 is 2.43 bits per heavy atom. The van der Waals surface area contributed by atoms with Gasteiger partial charge in [-0.25, -0.2) is 0 Å². The van der Waals surface area contributed by atoms with Crippen LogP contribution in [0.1, 0.15) is 50.0 Å². The number of carbonyl (C=O) groups excluding carboxylic acids is 1. The number of nitrogens with zero attached hydrogens (tertiary/aromatic N) is 1. The zero-order valence-corrected chi connectivity index (χ0v) is 12.7. The molecule has 1 heterocycles. The molecular formula is C17H24N2O2. The summed E-state index contributed by atoms with van der Waals surface area (Å²) in [7, 11) is 0. The van der Waals surface area contributed by atoms with Crippen LogP contribution in [0, 0.1) is 30.1 Å². The van der Waals surface area contributed by atoms with Crippen LogP contribution < -0.4 is 5.32 Å². The van der Waals surface area contributed by atoms with Crippen LogP contribution in [0.25, 0.3) is 0 Å². The molecule has 1 aromatic heterocycles. The van der Waals surface area contributed by atoms with E-state index in [1.165, 1.54) is 19.3 Å². The van der Waals surface area contributed by atoms with Gasteiger partial charge in [0.2, 0.25) is 5.91 Å². The molecule has 4 saturated carbocycles. The Morgan fingerprint density at radius 2 is 1.90 bits per heavy atom. The van der Waals surface area contributed by atoms with E-state index in [0.717, 1.165) is 54.9 Å². The molecule has 5 rings (SSSR count). The highest BCUT2D eigenvalue weighted by molar-refractivity contribution is 5.83. The fourth-order valence-electron chi connectivity index (χ4n) is 5.42.